The van der Waals surface area contributed by atoms with Gasteiger partial charge in [-0.25, -0.2) is 0 Å². The monoisotopic (exact) mass is 274 g/mol. The minimum Gasteiger partial charge on any atom is -0.389 e. The van der Waals surface area contributed by atoms with Gasteiger partial charge in [-0.15, -0.1) is 0 Å². The van der Waals surface area contributed by atoms with Crippen molar-refractivity contribution in [2.24, 2.45) is 0 Å². The smallest absolute Gasteiger partial charge is 0.0991 e. The second-order valence-corrected chi connectivity index (χ2v) is 5.67. The maximum absolute atomic E-state index is 10.3. The molecule has 0 amide bonds. The molecule has 1 aliphatic carbocycles. The first-order valence-corrected chi connectivity index (χ1v) is 7.24. The first-order valence-electron chi connectivity index (χ1n) is 7.24. The van der Waals surface area contributed by atoms with Gasteiger partial charge in [0.1, 0.15) is 0 Å². The van der Waals surface area contributed by atoms with E-state index in [2.05, 4.69) is 11.4 Å². The normalized spacial score (nSPS) is 19.2. The van der Waals surface area contributed by atoms with Crippen molar-refractivity contribution in [1.82, 2.24) is 5.32 Å². The van der Waals surface area contributed by atoms with Crippen molar-refractivity contribution >= 4 is 0 Å². The highest BCUT2D eigenvalue weighted by molar-refractivity contribution is 5.32. The highest BCUT2D eigenvalue weighted by Crippen LogP contribution is 2.27. The summed E-state index contributed by atoms with van der Waals surface area (Å²) in [4.78, 5) is 0. The molecule has 108 valence electrons. The summed E-state index contributed by atoms with van der Waals surface area (Å²) in [6.07, 6.45) is 4.43. The zero-order chi connectivity index (χ0) is 14.4. The van der Waals surface area contributed by atoms with Gasteiger partial charge in [0.25, 0.3) is 0 Å². The molecule has 1 atom stereocenters. The molecule has 1 unspecified atom stereocenters. The van der Waals surface area contributed by atoms with Crippen LogP contribution in [0.25, 0.3) is 0 Å². The summed E-state index contributed by atoms with van der Waals surface area (Å²) in [5.74, 6) is 0. The number of hydrogen-bond acceptors (Lipinski definition) is 4. The topological polar surface area (TPSA) is 76.3 Å². The van der Waals surface area contributed by atoms with E-state index >= 15 is 0 Å². The van der Waals surface area contributed by atoms with Gasteiger partial charge < -0.3 is 15.5 Å². The average molecular weight is 274 g/mol. The summed E-state index contributed by atoms with van der Waals surface area (Å²) in [6, 6.07) is 8.99. The van der Waals surface area contributed by atoms with Gasteiger partial charge in [0.05, 0.1) is 23.3 Å². The van der Waals surface area contributed by atoms with Crippen molar-refractivity contribution in [3.8, 4) is 6.07 Å². The molecule has 0 heterocycles. The van der Waals surface area contributed by atoms with Crippen molar-refractivity contribution in [2.75, 3.05) is 13.1 Å². The Hall–Kier alpha value is -1.41. The predicted octanol–water partition coefficient (Wildman–Crippen LogP) is 1.88. The molecule has 1 saturated carbocycles. The van der Waals surface area contributed by atoms with Crippen LogP contribution < -0.4 is 5.32 Å². The summed E-state index contributed by atoms with van der Waals surface area (Å²) < 4.78 is 0. The van der Waals surface area contributed by atoms with E-state index in [9.17, 15) is 10.2 Å². The zero-order valence-electron chi connectivity index (χ0n) is 11.7. The molecule has 1 aromatic rings. The number of nitrogens with zero attached hydrogens (tertiary/aromatic N) is 1. The van der Waals surface area contributed by atoms with Crippen molar-refractivity contribution in [2.45, 2.75) is 43.8 Å². The van der Waals surface area contributed by atoms with Gasteiger partial charge in [0.15, 0.2) is 0 Å². The minimum atomic E-state index is -0.616. The molecule has 0 bridgehead atoms. The van der Waals surface area contributed by atoms with Crippen LogP contribution >= 0.6 is 0 Å². The summed E-state index contributed by atoms with van der Waals surface area (Å²) in [7, 11) is 0. The van der Waals surface area contributed by atoms with E-state index < -0.39 is 11.7 Å². The van der Waals surface area contributed by atoms with Crippen LogP contribution in [0.1, 0.15) is 49.3 Å². The number of hydrogen-bond donors (Lipinski definition) is 3. The van der Waals surface area contributed by atoms with E-state index in [0.29, 0.717) is 18.7 Å². The third-order valence-corrected chi connectivity index (χ3v) is 4.00. The molecular weight excluding hydrogens is 252 g/mol. The fraction of sp³-hybridized carbons (Fsp3) is 0.562. The van der Waals surface area contributed by atoms with Gasteiger partial charge in [-0.1, -0.05) is 31.4 Å². The summed E-state index contributed by atoms with van der Waals surface area (Å²) in [5, 5.41) is 32.3. The van der Waals surface area contributed by atoms with Gasteiger partial charge in [-0.3, -0.25) is 0 Å². The maximum Gasteiger partial charge on any atom is 0.0991 e. The second kappa shape index (κ2) is 6.85. The average Bonchev–Trinajstić information content (AvgIpc) is 2.48. The fourth-order valence-corrected chi connectivity index (χ4v) is 2.73. The minimum absolute atomic E-state index is 0.411. The van der Waals surface area contributed by atoms with Crippen LogP contribution in [0.15, 0.2) is 24.3 Å². The SMILES string of the molecule is N#Cc1ccc(C(O)CNCC2(O)CCCCC2)cc1. The van der Waals surface area contributed by atoms with Crippen LogP contribution in [0.2, 0.25) is 0 Å². The molecule has 1 fully saturated rings. The number of nitriles is 1. The predicted molar refractivity (Wildman–Crippen MR) is 77.0 cm³/mol. The van der Waals surface area contributed by atoms with E-state index in [4.69, 9.17) is 5.26 Å². The molecule has 4 heteroatoms. The Morgan fingerprint density at radius 1 is 1.20 bits per heavy atom. The number of aliphatic hydroxyl groups excluding tert-OH is 1. The molecule has 20 heavy (non-hydrogen) atoms. The van der Waals surface area contributed by atoms with Gasteiger partial charge in [0, 0.05) is 13.1 Å². The number of nitrogens with one attached hydrogen (secondary N) is 1. The van der Waals surface area contributed by atoms with E-state index in [1.807, 2.05) is 0 Å². The lowest BCUT2D eigenvalue weighted by Crippen LogP contribution is -2.43. The molecule has 0 saturated heterocycles. The summed E-state index contributed by atoms with van der Waals surface area (Å²) >= 11 is 0. The van der Waals surface area contributed by atoms with Crippen LogP contribution in [0.5, 0.6) is 0 Å². The number of benzene rings is 1. The Balaban J connectivity index is 1.79. The van der Waals surface area contributed by atoms with Gasteiger partial charge in [-0.05, 0) is 30.5 Å². The van der Waals surface area contributed by atoms with Crippen LogP contribution in [0.4, 0.5) is 0 Å². The van der Waals surface area contributed by atoms with Crippen molar-refractivity contribution in [3.63, 3.8) is 0 Å². The molecule has 3 N–H and O–H groups in total. The molecule has 0 aliphatic heterocycles. The van der Waals surface area contributed by atoms with Crippen molar-refractivity contribution < 1.29 is 10.2 Å². The van der Waals surface area contributed by atoms with Gasteiger partial charge in [-0.2, -0.15) is 5.26 Å². The largest absolute Gasteiger partial charge is 0.389 e. The zero-order valence-corrected chi connectivity index (χ0v) is 11.7. The maximum atomic E-state index is 10.3. The van der Waals surface area contributed by atoms with Crippen LogP contribution in [-0.2, 0) is 0 Å². The van der Waals surface area contributed by atoms with Gasteiger partial charge >= 0.3 is 0 Å². The molecule has 0 spiro atoms. The fourth-order valence-electron chi connectivity index (χ4n) is 2.73. The third kappa shape index (κ3) is 4.04. The molecule has 1 aromatic carbocycles. The highest BCUT2D eigenvalue weighted by Gasteiger charge is 2.28. The first kappa shape index (κ1) is 15.0. The molecule has 0 aromatic heterocycles. The van der Waals surface area contributed by atoms with Crippen LogP contribution in [0, 0.1) is 11.3 Å². The van der Waals surface area contributed by atoms with E-state index in [1.165, 1.54) is 6.42 Å². The lowest BCUT2D eigenvalue weighted by molar-refractivity contribution is 0.00264. The summed E-state index contributed by atoms with van der Waals surface area (Å²) in [6.45, 7) is 0.939. The first-order chi connectivity index (χ1) is 9.63. The van der Waals surface area contributed by atoms with E-state index in [0.717, 1.165) is 31.2 Å². The van der Waals surface area contributed by atoms with Gasteiger partial charge in [0.2, 0.25) is 0 Å². The van der Waals surface area contributed by atoms with Crippen LogP contribution in [0.3, 0.4) is 0 Å². The highest BCUT2D eigenvalue weighted by atomic mass is 16.3. The van der Waals surface area contributed by atoms with Crippen molar-refractivity contribution in [1.29, 1.82) is 5.26 Å². The lowest BCUT2D eigenvalue weighted by atomic mass is 9.85. The number of rotatable bonds is 5. The van der Waals surface area contributed by atoms with E-state index in [1.54, 1.807) is 24.3 Å². The Kier molecular flexibility index (Phi) is 5.13. The molecule has 1 aliphatic rings. The Labute approximate surface area is 120 Å². The Bertz CT molecular complexity index is 458. The quantitative estimate of drug-likeness (QED) is 0.766. The molecule has 4 nitrogen and oxygen atoms in total. The standard InChI is InChI=1S/C16H22N2O2/c17-10-13-4-6-14(7-5-13)15(19)11-18-12-16(20)8-2-1-3-9-16/h4-7,15,18-20H,1-3,8-9,11-12H2. The number of aliphatic hydroxyl groups is 2. The Morgan fingerprint density at radius 3 is 2.45 bits per heavy atom. The molecule has 0 radical (unpaired) electrons. The lowest BCUT2D eigenvalue weighted by Gasteiger charge is -2.32. The molecule has 2 rings (SSSR count). The van der Waals surface area contributed by atoms with E-state index in [-0.39, 0.29) is 0 Å². The third-order valence-electron chi connectivity index (χ3n) is 4.00. The summed E-state index contributed by atoms with van der Waals surface area (Å²) in [5.41, 5.74) is 0.764. The van der Waals surface area contributed by atoms with Crippen LogP contribution in [-0.4, -0.2) is 28.9 Å². The Morgan fingerprint density at radius 2 is 1.85 bits per heavy atom. The van der Waals surface area contributed by atoms with Crippen molar-refractivity contribution in [3.05, 3.63) is 35.4 Å². The molecular formula is C16H22N2O2. The second-order valence-electron chi connectivity index (χ2n) is 5.67.